The molecule has 0 amide bonds. The fourth-order valence-corrected chi connectivity index (χ4v) is 3.53. The molecule has 2 atom stereocenters. The molecular formula is C10H18O3S. The van der Waals surface area contributed by atoms with Crippen LogP contribution in [0.4, 0.5) is 0 Å². The molecule has 0 aromatic heterocycles. The Labute approximate surface area is 87.6 Å². The molecule has 4 heteroatoms. The van der Waals surface area contributed by atoms with Crippen molar-refractivity contribution in [1.29, 1.82) is 0 Å². The average molecular weight is 218 g/mol. The number of ether oxygens (including phenoxy) is 2. The first-order valence-corrected chi connectivity index (χ1v) is 6.91. The quantitative estimate of drug-likeness (QED) is 0.708. The maximum absolute atomic E-state index is 11.7. The van der Waals surface area contributed by atoms with E-state index in [4.69, 9.17) is 9.47 Å². The SMILES string of the molecule is O=S(C[C@@H]1CCCO1)C[C@@H]1CCCO1. The summed E-state index contributed by atoms with van der Waals surface area (Å²) in [4.78, 5) is 0. The highest BCUT2D eigenvalue weighted by Gasteiger charge is 2.22. The van der Waals surface area contributed by atoms with E-state index in [-0.39, 0.29) is 12.2 Å². The molecule has 82 valence electrons. The Morgan fingerprint density at radius 2 is 1.50 bits per heavy atom. The molecule has 0 aliphatic carbocycles. The van der Waals surface area contributed by atoms with Gasteiger partial charge >= 0.3 is 0 Å². The van der Waals surface area contributed by atoms with Crippen LogP contribution >= 0.6 is 0 Å². The molecule has 0 aromatic rings. The van der Waals surface area contributed by atoms with Crippen LogP contribution in [0.1, 0.15) is 25.7 Å². The normalized spacial score (nSPS) is 32.9. The topological polar surface area (TPSA) is 35.5 Å². The van der Waals surface area contributed by atoms with Gasteiger partial charge in [0, 0.05) is 35.5 Å². The number of hydrogen-bond donors (Lipinski definition) is 0. The zero-order valence-corrected chi connectivity index (χ0v) is 9.26. The molecular weight excluding hydrogens is 200 g/mol. The number of rotatable bonds is 4. The Balaban J connectivity index is 1.66. The molecule has 2 heterocycles. The van der Waals surface area contributed by atoms with Gasteiger partial charge in [-0.3, -0.25) is 4.21 Å². The second-order valence-electron chi connectivity index (χ2n) is 4.04. The van der Waals surface area contributed by atoms with Gasteiger partial charge in [0.05, 0.1) is 12.2 Å². The molecule has 3 nitrogen and oxygen atoms in total. The van der Waals surface area contributed by atoms with Crippen LogP contribution in [0.5, 0.6) is 0 Å². The lowest BCUT2D eigenvalue weighted by Crippen LogP contribution is -2.23. The lowest BCUT2D eigenvalue weighted by Gasteiger charge is -2.11. The minimum absolute atomic E-state index is 0.247. The first-order valence-electron chi connectivity index (χ1n) is 5.43. The van der Waals surface area contributed by atoms with Gasteiger partial charge in [-0.15, -0.1) is 0 Å². The third-order valence-electron chi connectivity index (χ3n) is 2.79. The van der Waals surface area contributed by atoms with E-state index in [1.54, 1.807) is 0 Å². The largest absolute Gasteiger partial charge is 0.377 e. The van der Waals surface area contributed by atoms with E-state index in [0.29, 0.717) is 11.5 Å². The Morgan fingerprint density at radius 1 is 1.00 bits per heavy atom. The zero-order chi connectivity index (χ0) is 9.80. The molecule has 0 unspecified atom stereocenters. The molecule has 2 saturated heterocycles. The van der Waals surface area contributed by atoms with E-state index >= 15 is 0 Å². The Hall–Kier alpha value is 0.0700. The van der Waals surface area contributed by atoms with Crippen LogP contribution in [0.3, 0.4) is 0 Å². The first kappa shape index (κ1) is 10.6. The molecule has 0 N–H and O–H groups in total. The molecule has 2 aliphatic heterocycles. The van der Waals surface area contributed by atoms with Gasteiger partial charge in [0.1, 0.15) is 0 Å². The molecule has 2 aliphatic rings. The van der Waals surface area contributed by atoms with Crippen molar-refractivity contribution in [3.63, 3.8) is 0 Å². The monoisotopic (exact) mass is 218 g/mol. The van der Waals surface area contributed by atoms with E-state index in [9.17, 15) is 4.21 Å². The van der Waals surface area contributed by atoms with Crippen LogP contribution in [0.2, 0.25) is 0 Å². The summed E-state index contributed by atoms with van der Waals surface area (Å²) in [5.74, 6) is 1.42. The van der Waals surface area contributed by atoms with Crippen molar-refractivity contribution < 1.29 is 13.7 Å². The summed E-state index contributed by atoms with van der Waals surface area (Å²) in [5, 5.41) is 0. The van der Waals surface area contributed by atoms with Gasteiger partial charge in [-0.2, -0.15) is 0 Å². The fourth-order valence-electron chi connectivity index (χ4n) is 2.03. The summed E-state index contributed by atoms with van der Waals surface area (Å²) >= 11 is 0. The summed E-state index contributed by atoms with van der Waals surface area (Å²) in [6.07, 6.45) is 4.91. The van der Waals surface area contributed by atoms with Crippen molar-refractivity contribution in [3.05, 3.63) is 0 Å². The van der Waals surface area contributed by atoms with E-state index in [1.807, 2.05) is 0 Å². The van der Waals surface area contributed by atoms with E-state index < -0.39 is 10.8 Å². The molecule has 0 aromatic carbocycles. The second kappa shape index (κ2) is 5.24. The summed E-state index contributed by atoms with van der Waals surface area (Å²) < 4.78 is 22.6. The maximum Gasteiger partial charge on any atom is 0.0691 e. The van der Waals surface area contributed by atoms with E-state index in [2.05, 4.69) is 0 Å². The highest BCUT2D eigenvalue weighted by Crippen LogP contribution is 2.16. The fraction of sp³-hybridized carbons (Fsp3) is 1.00. The molecule has 0 spiro atoms. The molecule has 0 bridgehead atoms. The molecule has 14 heavy (non-hydrogen) atoms. The Morgan fingerprint density at radius 3 is 1.86 bits per heavy atom. The standard InChI is InChI=1S/C10H18O3S/c11-14(7-9-3-1-5-12-9)8-10-4-2-6-13-10/h9-10H,1-8H2/t9-,10-/m0/s1. The second-order valence-corrected chi connectivity index (χ2v) is 5.59. The van der Waals surface area contributed by atoms with Crippen LogP contribution in [0.25, 0.3) is 0 Å². The van der Waals surface area contributed by atoms with Gasteiger partial charge in [0.25, 0.3) is 0 Å². The van der Waals surface area contributed by atoms with Crippen LogP contribution in [-0.4, -0.2) is 41.1 Å². The maximum atomic E-state index is 11.7. The summed E-state index contributed by atoms with van der Waals surface area (Å²) in [5.41, 5.74) is 0. The predicted molar refractivity (Wildman–Crippen MR) is 55.8 cm³/mol. The Bertz CT molecular complexity index is 176. The third kappa shape index (κ3) is 3.04. The molecule has 2 fully saturated rings. The molecule has 0 saturated carbocycles. The van der Waals surface area contributed by atoms with Crippen molar-refractivity contribution in [2.75, 3.05) is 24.7 Å². The van der Waals surface area contributed by atoms with Crippen LogP contribution in [-0.2, 0) is 20.3 Å². The van der Waals surface area contributed by atoms with Crippen molar-refractivity contribution in [3.8, 4) is 0 Å². The van der Waals surface area contributed by atoms with Crippen molar-refractivity contribution in [2.45, 2.75) is 37.9 Å². The van der Waals surface area contributed by atoms with Gasteiger partial charge in [-0.05, 0) is 25.7 Å². The van der Waals surface area contributed by atoms with Gasteiger partial charge < -0.3 is 9.47 Å². The summed E-state index contributed by atoms with van der Waals surface area (Å²) in [6.45, 7) is 1.70. The minimum atomic E-state index is -0.750. The van der Waals surface area contributed by atoms with Crippen molar-refractivity contribution in [1.82, 2.24) is 0 Å². The third-order valence-corrected chi connectivity index (χ3v) is 4.28. The van der Waals surface area contributed by atoms with E-state index in [1.165, 1.54) is 0 Å². The van der Waals surface area contributed by atoms with Gasteiger partial charge in [-0.1, -0.05) is 0 Å². The molecule has 0 radical (unpaired) electrons. The number of hydrogen-bond acceptors (Lipinski definition) is 3. The van der Waals surface area contributed by atoms with Crippen molar-refractivity contribution in [2.24, 2.45) is 0 Å². The van der Waals surface area contributed by atoms with Crippen molar-refractivity contribution >= 4 is 10.8 Å². The minimum Gasteiger partial charge on any atom is -0.377 e. The lowest BCUT2D eigenvalue weighted by atomic mass is 10.3. The smallest absolute Gasteiger partial charge is 0.0691 e. The Kier molecular flexibility index (Phi) is 3.96. The molecule has 2 rings (SSSR count). The predicted octanol–water partition coefficient (Wildman–Crippen LogP) is 1.09. The lowest BCUT2D eigenvalue weighted by molar-refractivity contribution is 0.123. The summed E-state index contributed by atoms with van der Waals surface area (Å²) in [6, 6.07) is 0. The van der Waals surface area contributed by atoms with Crippen LogP contribution in [0.15, 0.2) is 0 Å². The van der Waals surface area contributed by atoms with Crippen LogP contribution < -0.4 is 0 Å². The van der Waals surface area contributed by atoms with Crippen LogP contribution in [0, 0.1) is 0 Å². The van der Waals surface area contributed by atoms with Gasteiger partial charge in [-0.25, -0.2) is 0 Å². The van der Waals surface area contributed by atoms with E-state index in [0.717, 1.165) is 38.9 Å². The zero-order valence-electron chi connectivity index (χ0n) is 8.44. The summed E-state index contributed by atoms with van der Waals surface area (Å²) in [7, 11) is -0.750. The van der Waals surface area contributed by atoms with Gasteiger partial charge in [0.2, 0.25) is 0 Å². The average Bonchev–Trinajstić information content (AvgIpc) is 2.76. The highest BCUT2D eigenvalue weighted by atomic mass is 32.2. The highest BCUT2D eigenvalue weighted by molar-refractivity contribution is 7.85. The van der Waals surface area contributed by atoms with Gasteiger partial charge in [0.15, 0.2) is 0 Å². The first-order chi connectivity index (χ1) is 6.84.